The van der Waals surface area contributed by atoms with Crippen LogP contribution in [0.15, 0.2) is 0 Å². The normalized spacial score (nSPS) is 7.92. The summed E-state index contributed by atoms with van der Waals surface area (Å²) >= 11 is 0. The number of carbonyl (C=O) groups is 3. The van der Waals surface area contributed by atoms with Gasteiger partial charge in [0.25, 0.3) is 0 Å². The van der Waals surface area contributed by atoms with Gasteiger partial charge in [0.15, 0.2) is 0 Å². The summed E-state index contributed by atoms with van der Waals surface area (Å²) in [5, 5.41) is 50.0. The van der Waals surface area contributed by atoms with Gasteiger partial charge in [-0.25, -0.2) is 9.13 Å². The summed E-state index contributed by atoms with van der Waals surface area (Å²) in [6.07, 6.45) is -7.00. The summed E-state index contributed by atoms with van der Waals surface area (Å²) in [6.45, 7) is 0. The van der Waals surface area contributed by atoms with Crippen LogP contribution in [0.5, 0.6) is 0 Å². The third-order valence-corrected chi connectivity index (χ3v) is 0. The van der Waals surface area contributed by atoms with E-state index in [9.17, 15) is 0 Å². The van der Waals surface area contributed by atoms with Crippen LogP contribution in [0, 0.1) is 71.2 Å². The van der Waals surface area contributed by atoms with Crippen molar-refractivity contribution in [1.82, 2.24) is 0 Å². The Morgan fingerprint density at radius 1 is 0.500 bits per heavy atom. The molecule has 0 atom stereocenters. The number of phosphoric acid groups is 2. The molecule has 24 heavy (non-hydrogen) atoms. The average Bonchev–Trinajstić information content (AvgIpc) is 1.88. The number of carbonyl (C=O) groups excluding carboxylic acids is 3. The Morgan fingerprint density at radius 3 is 0.500 bits per heavy atom. The van der Waals surface area contributed by atoms with Gasteiger partial charge in [-0.2, -0.15) is 0 Å². The zero-order chi connectivity index (χ0) is 19.7. The van der Waals surface area contributed by atoms with Crippen molar-refractivity contribution in [2.24, 2.45) is 0 Å². The van der Waals surface area contributed by atoms with E-state index >= 15 is 0 Å². The Labute approximate surface area is 187 Å². The minimum Gasteiger partial charge on any atom is -0.652 e. The molecule has 0 aromatic carbocycles. The molecule has 6 N–H and O–H groups in total. The molecule has 21 heteroatoms. The van der Waals surface area contributed by atoms with E-state index in [1.807, 2.05) is 0 Å². The van der Waals surface area contributed by atoms with Gasteiger partial charge >= 0.3 is 86.8 Å². The van der Waals surface area contributed by atoms with Gasteiger partial charge < -0.3 is 74.4 Å². The van der Waals surface area contributed by atoms with E-state index in [2.05, 4.69) is 0 Å². The Balaban J connectivity index is -0.0000000296. The Bertz CT molecular complexity index is 318. The van der Waals surface area contributed by atoms with Crippen molar-refractivity contribution < 1.29 is 155 Å². The molecule has 17 nitrogen and oxygen atoms in total. The van der Waals surface area contributed by atoms with Gasteiger partial charge in [0.1, 0.15) is 0 Å². The first-order valence-electron chi connectivity index (χ1n) is 3.40. The topological polar surface area (TPSA) is 345 Å². The van der Waals surface area contributed by atoms with Crippen molar-refractivity contribution in [2.45, 2.75) is 0 Å². The third kappa shape index (κ3) is 58400. The standard InChI is InChI=1S/3CH2O3.2La.2H3O4P/c3*2-1(3)4;;;2*1-5(2,3)4/h3*(H2,2,3,4);;;2*(H3,1,2,3,4)/q;;;2*+3;;/p-6. The van der Waals surface area contributed by atoms with Crippen LogP contribution in [0.25, 0.3) is 0 Å². The van der Waals surface area contributed by atoms with Gasteiger partial charge in [-0.1, -0.05) is 0 Å². The zero-order valence-corrected chi connectivity index (χ0v) is 19.8. The number of hydrogen-bond acceptors (Lipinski definition) is 11. The molecule has 0 aromatic heterocycles. The van der Waals surface area contributed by atoms with Crippen LogP contribution in [-0.2, 0) is 9.13 Å². The molecule has 0 spiro atoms. The predicted octanol–water partition coefficient (Wildman–Crippen LogP) is -9.20. The van der Waals surface area contributed by atoms with Crippen LogP contribution in [0.3, 0.4) is 0 Å². The summed E-state index contributed by atoms with van der Waals surface area (Å²) in [4.78, 5) is 68.1. The Morgan fingerprint density at radius 2 is 0.500 bits per heavy atom. The largest absolute Gasteiger partial charge is 3.00 e. The monoisotopic (exact) mass is 654 g/mol. The Hall–Kier alpha value is 0.420. The van der Waals surface area contributed by atoms with Crippen molar-refractivity contribution in [1.29, 1.82) is 0 Å². The minimum atomic E-state index is -4.64. The zero-order valence-electron chi connectivity index (χ0n) is 10.7. The van der Waals surface area contributed by atoms with Crippen molar-refractivity contribution in [3.8, 4) is 0 Å². The summed E-state index contributed by atoms with van der Waals surface area (Å²) in [6, 6.07) is 0. The molecule has 0 heterocycles. The molecule has 0 fully saturated rings. The molecule has 0 saturated carbocycles. The molecule has 0 saturated heterocycles. The summed E-state index contributed by atoms with van der Waals surface area (Å²) in [5.74, 6) is 0. The summed E-state index contributed by atoms with van der Waals surface area (Å²) in [5.41, 5.74) is 0. The number of hydrogen-bond donors (Lipinski definition) is 6. The molecule has 0 aliphatic rings. The molecule has 0 aliphatic heterocycles. The van der Waals surface area contributed by atoms with E-state index in [1.165, 1.54) is 0 Å². The maximum absolute atomic E-state index is 8.88. The number of carboxylic acid groups (broad SMARTS) is 6. The first-order chi connectivity index (χ1) is 9.20. The van der Waals surface area contributed by atoms with Gasteiger partial charge in [0.2, 0.25) is 0 Å². The fourth-order valence-corrected chi connectivity index (χ4v) is 0. The van der Waals surface area contributed by atoms with Crippen molar-refractivity contribution in [2.75, 3.05) is 0 Å². The van der Waals surface area contributed by atoms with E-state index in [4.69, 9.17) is 83.5 Å². The second-order valence-corrected chi connectivity index (χ2v) is 3.83. The van der Waals surface area contributed by atoms with Crippen molar-refractivity contribution in [3.05, 3.63) is 0 Å². The molecule has 0 bridgehead atoms. The van der Waals surface area contributed by atoms with Crippen LogP contribution in [0.2, 0.25) is 0 Å². The predicted molar refractivity (Wildman–Crippen MR) is 44.7 cm³/mol. The number of rotatable bonds is 0. The van der Waals surface area contributed by atoms with Crippen LogP contribution in [0.4, 0.5) is 14.4 Å². The first kappa shape index (κ1) is 44.1. The summed E-state index contributed by atoms with van der Waals surface area (Å²) in [7, 11) is -9.28. The smallest absolute Gasteiger partial charge is 0.652 e. The van der Waals surface area contributed by atoms with Gasteiger partial charge in [0, 0.05) is 0 Å². The molecule has 136 valence electrons. The average molecular weight is 654 g/mol. The SMILES string of the molecule is O=C([O-])[O-].O=C([O-])[O-].O=C([O-])[O-].O=P(O)(O)O.O=P(O)(O)O.[La+3].[La+3]. The van der Waals surface area contributed by atoms with E-state index in [0.717, 1.165) is 0 Å². The van der Waals surface area contributed by atoms with Gasteiger partial charge in [-0.3, -0.25) is 0 Å². The molecular weight excluding hydrogens is 648 g/mol. The van der Waals surface area contributed by atoms with Crippen LogP contribution in [0.1, 0.15) is 0 Å². The third-order valence-electron chi connectivity index (χ3n) is 0. The fourth-order valence-electron chi connectivity index (χ4n) is 0. The van der Waals surface area contributed by atoms with Gasteiger partial charge in [-0.05, 0) is 18.5 Å². The van der Waals surface area contributed by atoms with E-state index in [-0.39, 0.29) is 71.2 Å². The maximum atomic E-state index is 8.88. The molecule has 0 aromatic rings. The van der Waals surface area contributed by atoms with Crippen molar-refractivity contribution in [3.63, 3.8) is 0 Å². The first-order valence-corrected chi connectivity index (χ1v) is 6.53. The van der Waals surface area contributed by atoms with E-state index < -0.39 is 34.1 Å². The molecule has 0 aliphatic carbocycles. The Kier molecular flexibility index (Phi) is 47.2. The van der Waals surface area contributed by atoms with Crippen LogP contribution < -0.4 is 30.6 Å². The van der Waals surface area contributed by atoms with Crippen LogP contribution in [-0.4, -0.2) is 47.8 Å². The fraction of sp³-hybridized carbons (Fsp3) is 0. The van der Waals surface area contributed by atoms with Gasteiger partial charge in [-0.15, -0.1) is 0 Å². The van der Waals surface area contributed by atoms with E-state index in [0.29, 0.717) is 0 Å². The molecule has 0 rings (SSSR count). The van der Waals surface area contributed by atoms with E-state index in [1.54, 1.807) is 0 Å². The molecular formula is C3H6La2O17P2. The second kappa shape index (κ2) is 25.7. The molecule has 0 unspecified atom stereocenters. The molecule has 0 amide bonds. The molecule has 0 radical (unpaired) electrons. The van der Waals surface area contributed by atoms with Gasteiger partial charge in [0.05, 0.1) is 0 Å². The second-order valence-electron chi connectivity index (χ2n) is 1.78. The van der Waals surface area contributed by atoms with Crippen molar-refractivity contribution >= 4 is 34.1 Å². The quantitative estimate of drug-likeness (QED) is 0.132. The van der Waals surface area contributed by atoms with Crippen LogP contribution >= 0.6 is 15.6 Å². The minimum absolute atomic E-state index is 0. The summed E-state index contributed by atoms with van der Waals surface area (Å²) < 4.78 is 17.8. The maximum Gasteiger partial charge on any atom is 3.00 e.